The van der Waals surface area contributed by atoms with Gasteiger partial charge in [0.2, 0.25) is 0 Å². The van der Waals surface area contributed by atoms with Crippen LogP contribution in [-0.4, -0.2) is 55.8 Å². The molecule has 8 heteroatoms. The van der Waals surface area contributed by atoms with E-state index in [0.29, 0.717) is 6.61 Å². The average molecular weight is 704 g/mol. The van der Waals surface area contributed by atoms with Crippen molar-refractivity contribution in [1.29, 1.82) is 0 Å². The molecule has 0 amide bonds. The summed E-state index contributed by atoms with van der Waals surface area (Å²) in [6, 6.07) is 49.6. The maximum atomic E-state index is 11.8. The molecule has 0 aliphatic rings. The van der Waals surface area contributed by atoms with E-state index in [1.165, 1.54) is 0 Å². The Morgan fingerprint density at radius 1 is 0.608 bits per heavy atom. The molecule has 0 aromatic heterocycles. The van der Waals surface area contributed by atoms with Crippen LogP contribution in [0.4, 0.5) is 0 Å². The summed E-state index contributed by atoms with van der Waals surface area (Å²) in [5, 5.41) is 29.3. The highest BCUT2D eigenvalue weighted by Crippen LogP contribution is 2.37. The van der Waals surface area contributed by atoms with Crippen LogP contribution in [-0.2, 0) is 38.6 Å². The molecule has 5 aromatic carbocycles. The van der Waals surface area contributed by atoms with Gasteiger partial charge in [-0.05, 0) is 27.1 Å². The summed E-state index contributed by atoms with van der Waals surface area (Å²) in [6.07, 6.45) is -3.10. The van der Waals surface area contributed by atoms with E-state index in [1.54, 1.807) is 0 Å². The van der Waals surface area contributed by atoms with Crippen molar-refractivity contribution in [2.45, 2.75) is 63.9 Å². The van der Waals surface area contributed by atoms with Crippen LogP contribution in [0.1, 0.15) is 37.5 Å². The van der Waals surface area contributed by atoms with Crippen molar-refractivity contribution in [2.24, 2.45) is 5.16 Å². The molecular formula is C43H49NO6Si. The van der Waals surface area contributed by atoms with E-state index < -0.39 is 33.2 Å². The molecule has 0 radical (unpaired) electrons. The summed E-state index contributed by atoms with van der Waals surface area (Å²) in [5.41, 5.74) is 3.04. The third kappa shape index (κ3) is 10.1. The van der Waals surface area contributed by atoms with Gasteiger partial charge in [0, 0.05) is 5.04 Å². The predicted molar refractivity (Wildman–Crippen MR) is 205 cm³/mol. The van der Waals surface area contributed by atoms with Crippen molar-refractivity contribution in [3.05, 3.63) is 168 Å². The SMILES string of the molecule is CC(C)(C)[Si](O/N=C(/CO)C(OCc1ccccc1)C(OCc1ccccc1)C(O)COCc1ccccc1)(c1ccccc1)c1ccccc1. The van der Waals surface area contributed by atoms with Gasteiger partial charge >= 0.3 is 8.32 Å². The molecule has 51 heavy (non-hydrogen) atoms. The Bertz CT molecular complexity index is 1700. The quantitative estimate of drug-likeness (QED) is 0.0603. The van der Waals surface area contributed by atoms with E-state index in [-0.39, 0.29) is 30.6 Å². The summed E-state index contributed by atoms with van der Waals surface area (Å²) in [5.74, 6) is 0. The molecule has 7 nitrogen and oxygen atoms in total. The van der Waals surface area contributed by atoms with E-state index in [1.807, 2.05) is 127 Å². The van der Waals surface area contributed by atoms with E-state index >= 15 is 0 Å². The lowest BCUT2D eigenvalue weighted by Crippen LogP contribution is -2.66. The maximum Gasteiger partial charge on any atom is 0.354 e. The first-order valence-corrected chi connectivity index (χ1v) is 19.3. The summed E-state index contributed by atoms with van der Waals surface area (Å²) >= 11 is 0. The number of oxime groups is 1. The van der Waals surface area contributed by atoms with Gasteiger partial charge in [-0.3, -0.25) is 0 Å². The number of ether oxygens (including phenoxy) is 3. The molecule has 0 fully saturated rings. The first-order chi connectivity index (χ1) is 24.8. The van der Waals surface area contributed by atoms with Crippen molar-refractivity contribution >= 4 is 24.4 Å². The summed E-state index contributed by atoms with van der Waals surface area (Å²) < 4.78 is 26.0. The zero-order valence-electron chi connectivity index (χ0n) is 29.7. The van der Waals surface area contributed by atoms with Crippen LogP contribution in [0.3, 0.4) is 0 Å². The Labute approximate surface area is 303 Å². The highest BCUT2D eigenvalue weighted by molar-refractivity contribution is 6.99. The van der Waals surface area contributed by atoms with Crippen LogP contribution < -0.4 is 10.4 Å². The molecule has 0 saturated heterocycles. The van der Waals surface area contributed by atoms with Crippen LogP contribution in [0.2, 0.25) is 5.04 Å². The second-order valence-corrected chi connectivity index (χ2v) is 17.7. The Hall–Kier alpha value is -4.41. The van der Waals surface area contributed by atoms with Gasteiger partial charge in [0.1, 0.15) is 24.0 Å². The van der Waals surface area contributed by atoms with Crippen LogP contribution in [0.25, 0.3) is 0 Å². The fraction of sp³-hybridized carbons (Fsp3) is 0.279. The van der Waals surface area contributed by atoms with Crippen LogP contribution in [0.15, 0.2) is 157 Å². The molecule has 0 aliphatic carbocycles. The Balaban J connectivity index is 1.54. The molecular weight excluding hydrogens is 655 g/mol. The fourth-order valence-corrected chi connectivity index (χ4v) is 10.3. The number of rotatable bonds is 18. The molecule has 0 heterocycles. The molecule has 0 spiro atoms. The Morgan fingerprint density at radius 3 is 1.45 bits per heavy atom. The third-order valence-electron chi connectivity index (χ3n) is 8.84. The second-order valence-electron chi connectivity index (χ2n) is 13.5. The number of nitrogens with zero attached hydrogens (tertiary/aromatic N) is 1. The minimum atomic E-state index is -3.13. The third-order valence-corrected chi connectivity index (χ3v) is 13.6. The molecule has 5 rings (SSSR count). The van der Waals surface area contributed by atoms with Gasteiger partial charge in [0.05, 0.1) is 33.0 Å². The maximum absolute atomic E-state index is 11.8. The summed E-state index contributed by atoms with van der Waals surface area (Å²) in [4.78, 5) is 0. The minimum Gasteiger partial charge on any atom is -0.443 e. The number of aliphatic hydroxyl groups is 2. The van der Waals surface area contributed by atoms with Gasteiger partial charge in [-0.15, -0.1) is 5.16 Å². The first kappa shape index (κ1) is 37.8. The van der Waals surface area contributed by atoms with Gasteiger partial charge < -0.3 is 29.0 Å². The molecule has 5 aromatic rings. The number of hydrogen-bond donors (Lipinski definition) is 2. The number of hydrogen-bond acceptors (Lipinski definition) is 7. The van der Waals surface area contributed by atoms with Crippen LogP contribution >= 0.6 is 0 Å². The summed E-state index contributed by atoms with van der Waals surface area (Å²) in [7, 11) is -3.13. The van der Waals surface area contributed by atoms with Crippen molar-refractivity contribution in [1.82, 2.24) is 0 Å². The van der Waals surface area contributed by atoms with Gasteiger partial charge in [0.25, 0.3) is 0 Å². The standard InChI is InChI=1S/C43H49NO6Si/c1-43(2,3)51(37-25-15-7-16-26-37,38-27-17-8-18-28-38)50-44-39(29-45)41(48-31-35-21-11-5-12-22-35)42(49-32-36-23-13-6-14-24-36)40(46)33-47-30-34-19-9-4-10-20-34/h4-28,40-42,45-46H,29-33H2,1-3H3/b44-39-. The van der Waals surface area contributed by atoms with Crippen molar-refractivity contribution < 1.29 is 29.0 Å². The van der Waals surface area contributed by atoms with Gasteiger partial charge in [-0.2, -0.15) is 0 Å². The van der Waals surface area contributed by atoms with E-state index in [4.69, 9.17) is 23.9 Å². The molecule has 266 valence electrons. The van der Waals surface area contributed by atoms with E-state index in [2.05, 4.69) is 45.0 Å². The fourth-order valence-electron chi connectivity index (χ4n) is 6.19. The lowest BCUT2D eigenvalue weighted by atomic mass is 10.0. The highest BCUT2D eigenvalue weighted by atomic mass is 28.4. The van der Waals surface area contributed by atoms with Crippen molar-refractivity contribution in [3.8, 4) is 0 Å². The van der Waals surface area contributed by atoms with Gasteiger partial charge in [0.15, 0.2) is 0 Å². The predicted octanol–water partition coefficient (Wildman–Crippen LogP) is 6.66. The van der Waals surface area contributed by atoms with Crippen LogP contribution in [0, 0.1) is 0 Å². The monoisotopic (exact) mass is 703 g/mol. The first-order valence-electron chi connectivity index (χ1n) is 17.4. The summed E-state index contributed by atoms with van der Waals surface area (Å²) in [6.45, 7) is 6.67. The molecule has 3 atom stereocenters. The van der Waals surface area contributed by atoms with Crippen molar-refractivity contribution in [2.75, 3.05) is 13.2 Å². The van der Waals surface area contributed by atoms with Crippen LogP contribution in [0.5, 0.6) is 0 Å². The van der Waals surface area contributed by atoms with Gasteiger partial charge in [-0.25, -0.2) is 0 Å². The topological polar surface area (TPSA) is 89.7 Å². The molecule has 0 aliphatic heterocycles. The molecule has 2 N–H and O–H groups in total. The zero-order chi connectivity index (χ0) is 35.9. The molecule has 0 saturated carbocycles. The largest absolute Gasteiger partial charge is 0.443 e. The Morgan fingerprint density at radius 2 is 1.02 bits per heavy atom. The molecule has 3 unspecified atom stereocenters. The van der Waals surface area contributed by atoms with E-state index in [9.17, 15) is 10.2 Å². The lowest BCUT2D eigenvalue weighted by Gasteiger charge is -2.40. The number of aliphatic hydroxyl groups excluding tert-OH is 2. The zero-order valence-corrected chi connectivity index (χ0v) is 30.7. The lowest BCUT2D eigenvalue weighted by molar-refractivity contribution is -0.129. The van der Waals surface area contributed by atoms with Crippen molar-refractivity contribution in [3.63, 3.8) is 0 Å². The van der Waals surface area contributed by atoms with Gasteiger partial charge in [-0.1, -0.05) is 172 Å². The minimum absolute atomic E-state index is 0.0339. The highest BCUT2D eigenvalue weighted by Gasteiger charge is 2.53. The average Bonchev–Trinajstić information content (AvgIpc) is 3.16. The molecule has 0 bridgehead atoms. The Kier molecular flexibility index (Phi) is 13.9. The number of benzene rings is 5. The normalized spacial score (nSPS) is 14.1. The van der Waals surface area contributed by atoms with E-state index in [0.717, 1.165) is 27.1 Å². The second kappa shape index (κ2) is 18.7. The smallest absolute Gasteiger partial charge is 0.354 e.